The fourth-order valence-electron chi connectivity index (χ4n) is 2.68. The van der Waals surface area contributed by atoms with Crippen molar-refractivity contribution in [2.24, 2.45) is 0 Å². The van der Waals surface area contributed by atoms with E-state index in [-0.39, 0.29) is 11.4 Å². The summed E-state index contributed by atoms with van der Waals surface area (Å²) in [4.78, 5) is 36.8. The minimum absolute atomic E-state index is 0.0359. The number of nitrogens with one attached hydrogen (secondary N) is 1. The van der Waals surface area contributed by atoms with E-state index in [1.54, 1.807) is 68.7 Å². The highest BCUT2D eigenvalue weighted by Gasteiger charge is 2.17. The van der Waals surface area contributed by atoms with Crippen LogP contribution in [0.25, 0.3) is 17.4 Å². The van der Waals surface area contributed by atoms with Crippen molar-refractivity contribution < 1.29 is 18.9 Å². The molecule has 0 radical (unpaired) electrons. The summed E-state index contributed by atoms with van der Waals surface area (Å²) < 4.78 is 5.73. The molecule has 2 amide bonds. The van der Waals surface area contributed by atoms with E-state index in [1.165, 1.54) is 23.1 Å². The normalized spacial score (nSPS) is 11.1. The van der Waals surface area contributed by atoms with Crippen LogP contribution in [0.1, 0.15) is 16.1 Å². The van der Waals surface area contributed by atoms with E-state index >= 15 is 0 Å². The molecule has 0 saturated heterocycles. The zero-order valence-corrected chi connectivity index (χ0v) is 16.4. The van der Waals surface area contributed by atoms with Gasteiger partial charge in [0, 0.05) is 43.4 Å². The predicted octanol–water partition coefficient (Wildman–Crippen LogP) is 3.71. The van der Waals surface area contributed by atoms with E-state index in [0.717, 1.165) is 0 Å². The molecule has 152 valence electrons. The van der Waals surface area contributed by atoms with Crippen LogP contribution >= 0.6 is 0 Å². The molecular weight excluding hydrogens is 386 g/mol. The van der Waals surface area contributed by atoms with Crippen molar-refractivity contribution in [1.82, 2.24) is 10.2 Å². The molecule has 0 spiro atoms. The third-order valence-corrected chi connectivity index (χ3v) is 4.18. The first-order chi connectivity index (χ1) is 14.3. The van der Waals surface area contributed by atoms with Crippen LogP contribution < -0.4 is 5.32 Å². The van der Waals surface area contributed by atoms with Crippen molar-refractivity contribution in [2.75, 3.05) is 14.1 Å². The second-order valence-electron chi connectivity index (χ2n) is 6.59. The van der Waals surface area contributed by atoms with Crippen molar-refractivity contribution in [3.05, 3.63) is 93.9 Å². The summed E-state index contributed by atoms with van der Waals surface area (Å²) in [7, 11) is 3.14. The first-order valence-electron chi connectivity index (χ1n) is 8.99. The second kappa shape index (κ2) is 8.87. The van der Waals surface area contributed by atoms with Gasteiger partial charge in [-0.1, -0.05) is 30.3 Å². The molecule has 0 atom stereocenters. The van der Waals surface area contributed by atoms with Crippen LogP contribution in [0.2, 0.25) is 0 Å². The molecule has 0 fully saturated rings. The van der Waals surface area contributed by atoms with Crippen LogP contribution in [-0.2, 0) is 4.79 Å². The van der Waals surface area contributed by atoms with Gasteiger partial charge >= 0.3 is 0 Å². The Morgan fingerprint density at radius 1 is 1.03 bits per heavy atom. The average Bonchev–Trinajstić information content (AvgIpc) is 3.22. The van der Waals surface area contributed by atoms with Crippen LogP contribution in [0.15, 0.2) is 76.8 Å². The second-order valence-corrected chi connectivity index (χ2v) is 6.59. The summed E-state index contributed by atoms with van der Waals surface area (Å²) in [6, 6.07) is 17.8. The molecule has 0 aliphatic carbocycles. The van der Waals surface area contributed by atoms with Crippen molar-refractivity contribution in [1.29, 1.82) is 0 Å². The van der Waals surface area contributed by atoms with E-state index in [9.17, 15) is 19.7 Å². The van der Waals surface area contributed by atoms with Gasteiger partial charge < -0.3 is 14.6 Å². The van der Waals surface area contributed by atoms with Gasteiger partial charge in [-0.2, -0.15) is 0 Å². The summed E-state index contributed by atoms with van der Waals surface area (Å²) in [6.07, 6.45) is 1.42. The smallest absolute Gasteiger partial charge is 0.270 e. The summed E-state index contributed by atoms with van der Waals surface area (Å²) in [6.45, 7) is 0. The number of non-ortho nitro benzene ring substituents is 1. The lowest BCUT2D eigenvalue weighted by molar-refractivity contribution is -0.384. The molecule has 0 saturated carbocycles. The third kappa shape index (κ3) is 4.79. The van der Waals surface area contributed by atoms with E-state index in [4.69, 9.17) is 4.42 Å². The van der Waals surface area contributed by atoms with Gasteiger partial charge in [-0.05, 0) is 24.3 Å². The Morgan fingerprint density at radius 2 is 1.77 bits per heavy atom. The van der Waals surface area contributed by atoms with Crippen molar-refractivity contribution in [3.8, 4) is 11.3 Å². The number of hydrogen-bond acceptors (Lipinski definition) is 5. The van der Waals surface area contributed by atoms with Gasteiger partial charge in [0.05, 0.1) is 4.92 Å². The third-order valence-electron chi connectivity index (χ3n) is 4.18. The quantitative estimate of drug-likeness (QED) is 0.382. The summed E-state index contributed by atoms with van der Waals surface area (Å²) in [5, 5.41) is 13.6. The maximum absolute atomic E-state index is 12.5. The summed E-state index contributed by atoms with van der Waals surface area (Å²) >= 11 is 0. The number of nitro benzene ring substituents is 1. The standard InChI is InChI=1S/C22H19N3O5/c1-24(2)22(27)19(23-21(26)15-7-4-3-5-8-15)14-18-11-12-20(30-18)16-9-6-10-17(13-16)25(28)29/h3-14H,1-2H3,(H,23,26)/b19-14+. The molecule has 8 nitrogen and oxygen atoms in total. The van der Waals surface area contributed by atoms with E-state index in [2.05, 4.69) is 5.32 Å². The fourth-order valence-corrected chi connectivity index (χ4v) is 2.68. The number of benzene rings is 2. The van der Waals surface area contributed by atoms with Gasteiger partial charge in [-0.15, -0.1) is 0 Å². The zero-order chi connectivity index (χ0) is 21.7. The number of furan rings is 1. The topological polar surface area (TPSA) is 106 Å². The molecule has 3 aromatic rings. The molecule has 1 heterocycles. The molecule has 1 aromatic heterocycles. The number of rotatable bonds is 6. The Balaban J connectivity index is 1.90. The van der Waals surface area contributed by atoms with E-state index in [0.29, 0.717) is 22.6 Å². The van der Waals surface area contributed by atoms with E-state index < -0.39 is 16.7 Å². The van der Waals surface area contributed by atoms with Crippen LogP contribution in [-0.4, -0.2) is 35.7 Å². The lowest BCUT2D eigenvalue weighted by Crippen LogP contribution is -2.34. The van der Waals surface area contributed by atoms with Gasteiger partial charge in [-0.25, -0.2) is 0 Å². The fraction of sp³-hybridized carbons (Fsp3) is 0.0909. The minimum Gasteiger partial charge on any atom is -0.457 e. The lowest BCUT2D eigenvalue weighted by Gasteiger charge is -2.14. The summed E-state index contributed by atoms with van der Waals surface area (Å²) in [5.41, 5.74) is 0.915. The Hall–Kier alpha value is -4.20. The van der Waals surface area contributed by atoms with Crippen LogP contribution in [0, 0.1) is 10.1 Å². The molecule has 0 unspecified atom stereocenters. The SMILES string of the molecule is CN(C)C(=O)/C(=C\c1ccc(-c2cccc([N+](=O)[O-])c2)o1)NC(=O)c1ccccc1. The van der Waals surface area contributed by atoms with Gasteiger partial charge in [-0.3, -0.25) is 19.7 Å². The Kier molecular flexibility index (Phi) is 6.07. The number of carbonyl (C=O) groups excluding carboxylic acids is 2. The Bertz CT molecular complexity index is 1120. The molecule has 8 heteroatoms. The lowest BCUT2D eigenvalue weighted by atomic mass is 10.1. The van der Waals surface area contributed by atoms with Crippen molar-refractivity contribution in [2.45, 2.75) is 0 Å². The highest BCUT2D eigenvalue weighted by molar-refractivity contribution is 6.05. The number of hydrogen-bond donors (Lipinski definition) is 1. The number of nitrogens with zero attached hydrogens (tertiary/aromatic N) is 2. The Morgan fingerprint density at radius 3 is 2.43 bits per heavy atom. The van der Waals surface area contributed by atoms with Gasteiger partial charge in [0.15, 0.2) is 0 Å². The Labute approximate surface area is 172 Å². The number of likely N-dealkylation sites (N-methyl/N-ethyl adjacent to an activating group) is 1. The molecular formula is C22H19N3O5. The van der Waals surface area contributed by atoms with Crippen molar-refractivity contribution >= 4 is 23.6 Å². The molecule has 3 rings (SSSR count). The predicted molar refractivity (Wildman–Crippen MR) is 111 cm³/mol. The molecule has 30 heavy (non-hydrogen) atoms. The van der Waals surface area contributed by atoms with Gasteiger partial charge in [0.2, 0.25) is 0 Å². The zero-order valence-electron chi connectivity index (χ0n) is 16.4. The molecule has 0 aliphatic rings. The average molecular weight is 405 g/mol. The van der Waals surface area contributed by atoms with Crippen LogP contribution in [0.4, 0.5) is 5.69 Å². The van der Waals surface area contributed by atoms with Gasteiger partial charge in [0.25, 0.3) is 17.5 Å². The summed E-state index contributed by atoms with van der Waals surface area (Å²) in [5.74, 6) is -0.124. The molecule has 1 N–H and O–H groups in total. The highest BCUT2D eigenvalue weighted by atomic mass is 16.6. The number of nitro groups is 1. The minimum atomic E-state index is -0.486. The monoisotopic (exact) mass is 405 g/mol. The highest BCUT2D eigenvalue weighted by Crippen LogP contribution is 2.26. The van der Waals surface area contributed by atoms with Crippen LogP contribution in [0.5, 0.6) is 0 Å². The number of carbonyl (C=O) groups is 2. The molecule has 0 aliphatic heterocycles. The largest absolute Gasteiger partial charge is 0.457 e. The molecule has 2 aromatic carbocycles. The maximum atomic E-state index is 12.5. The number of amides is 2. The van der Waals surface area contributed by atoms with Crippen molar-refractivity contribution in [3.63, 3.8) is 0 Å². The first-order valence-corrected chi connectivity index (χ1v) is 8.99. The molecule has 0 bridgehead atoms. The first kappa shape index (κ1) is 20.5. The van der Waals surface area contributed by atoms with E-state index in [1.807, 2.05) is 0 Å². The maximum Gasteiger partial charge on any atom is 0.270 e. The van der Waals surface area contributed by atoms with Crippen LogP contribution in [0.3, 0.4) is 0 Å². The van der Waals surface area contributed by atoms with Gasteiger partial charge in [0.1, 0.15) is 17.2 Å².